The van der Waals surface area contributed by atoms with Crippen LogP contribution in [0.25, 0.3) is 28.2 Å². The highest BCUT2D eigenvalue weighted by atomic mass is 19.1. The van der Waals surface area contributed by atoms with Crippen LogP contribution in [0.4, 0.5) is 10.1 Å². The van der Waals surface area contributed by atoms with Gasteiger partial charge in [-0.25, -0.2) is 13.6 Å². The zero-order chi connectivity index (χ0) is 25.6. The van der Waals surface area contributed by atoms with Gasteiger partial charge in [0.15, 0.2) is 0 Å². The molecule has 190 valence electrons. The van der Waals surface area contributed by atoms with Gasteiger partial charge in [0.2, 0.25) is 11.7 Å². The Morgan fingerprint density at radius 3 is 2.74 bits per heavy atom. The number of hydrogen-bond donors (Lipinski definition) is 1. The number of pyridine rings is 1. The molecule has 1 amide bonds. The van der Waals surface area contributed by atoms with Gasteiger partial charge in [0.05, 0.1) is 34.9 Å². The highest BCUT2D eigenvalue weighted by Crippen LogP contribution is 2.62. The molecule has 0 aliphatic heterocycles. The first-order chi connectivity index (χ1) is 18.5. The lowest BCUT2D eigenvalue weighted by Gasteiger charge is -2.61. The predicted molar refractivity (Wildman–Crippen MR) is 134 cm³/mol. The van der Waals surface area contributed by atoms with E-state index in [1.54, 1.807) is 16.8 Å². The van der Waals surface area contributed by atoms with Crippen LogP contribution in [0.3, 0.4) is 0 Å². The average Bonchev–Trinajstić information content (AvgIpc) is 3.29. The number of hydrogen-bond acceptors (Lipinski definition) is 7. The van der Waals surface area contributed by atoms with E-state index in [-0.39, 0.29) is 17.4 Å². The van der Waals surface area contributed by atoms with Crippen LogP contribution in [-0.4, -0.2) is 46.8 Å². The third kappa shape index (κ3) is 3.24. The summed E-state index contributed by atoms with van der Waals surface area (Å²) < 4.78 is 22.3. The maximum atomic E-state index is 13.4. The van der Waals surface area contributed by atoms with Crippen molar-refractivity contribution < 1.29 is 13.7 Å². The van der Waals surface area contributed by atoms with Crippen LogP contribution in [0.1, 0.15) is 53.4 Å². The summed E-state index contributed by atoms with van der Waals surface area (Å²) in [7, 11) is 0. The van der Waals surface area contributed by atoms with Gasteiger partial charge in [0.1, 0.15) is 11.9 Å². The highest BCUT2D eigenvalue weighted by molar-refractivity contribution is 6.09. The van der Waals surface area contributed by atoms with Gasteiger partial charge in [-0.15, -0.1) is 5.10 Å². The van der Waals surface area contributed by atoms with Crippen LogP contribution in [0, 0.1) is 12.8 Å². The number of benzene rings is 1. The standard InChI is InChI=1S/C27H23FN8O2/c1-14-2-3-16(24-31-26(38-33-24)18-7-20(18)28)6-21(14)30-25(37)19-11-29-35-12-17(4-5-23(19)35)22-13-36(34-32-22)27-8-15(9-27)10-27/h2-6,11-13,15,18,20H,7-10H2,1H3,(H,30,37)/t15?,18-,20-,27?/m0/s1. The number of anilines is 1. The molecular weight excluding hydrogens is 487 g/mol. The molecular formula is C27H23FN8O2. The predicted octanol–water partition coefficient (Wildman–Crippen LogP) is 4.54. The molecule has 0 radical (unpaired) electrons. The van der Waals surface area contributed by atoms with E-state index in [0.717, 1.165) is 22.7 Å². The van der Waals surface area contributed by atoms with E-state index >= 15 is 0 Å². The van der Waals surface area contributed by atoms with E-state index in [0.29, 0.717) is 40.5 Å². The summed E-state index contributed by atoms with van der Waals surface area (Å²) in [4.78, 5) is 17.6. The summed E-state index contributed by atoms with van der Waals surface area (Å²) >= 11 is 0. The lowest BCUT2D eigenvalue weighted by molar-refractivity contribution is -0.0988. The van der Waals surface area contributed by atoms with Gasteiger partial charge < -0.3 is 9.84 Å². The van der Waals surface area contributed by atoms with Crippen LogP contribution in [0.5, 0.6) is 0 Å². The van der Waals surface area contributed by atoms with E-state index in [4.69, 9.17) is 4.52 Å². The number of rotatable bonds is 6. The summed E-state index contributed by atoms with van der Waals surface area (Å²) in [6, 6.07) is 9.32. The van der Waals surface area contributed by atoms with Gasteiger partial charge in [0, 0.05) is 23.0 Å². The Labute approximate surface area is 215 Å². The molecule has 38 heavy (non-hydrogen) atoms. The van der Waals surface area contributed by atoms with E-state index in [2.05, 4.69) is 30.9 Å². The van der Waals surface area contributed by atoms with Gasteiger partial charge in [-0.1, -0.05) is 22.5 Å². The Hall–Kier alpha value is -4.41. The van der Waals surface area contributed by atoms with Crippen molar-refractivity contribution in [1.82, 2.24) is 34.7 Å². The molecule has 5 aromatic rings. The molecule has 4 aromatic heterocycles. The van der Waals surface area contributed by atoms with Crippen molar-refractivity contribution in [1.29, 1.82) is 0 Å². The fourth-order valence-electron chi connectivity index (χ4n) is 5.66. The van der Waals surface area contributed by atoms with Crippen molar-refractivity contribution in [3.05, 3.63) is 65.9 Å². The normalized spacial score (nSPS) is 25.2. The third-order valence-electron chi connectivity index (χ3n) is 8.26. The molecule has 1 N–H and O–H groups in total. The second kappa shape index (κ2) is 7.56. The Balaban J connectivity index is 1.04. The number of carbonyl (C=O) groups is 1. The summed E-state index contributed by atoms with van der Waals surface area (Å²) in [5.74, 6) is 0.950. The largest absolute Gasteiger partial charge is 0.339 e. The van der Waals surface area contributed by atoms with Crippen molar-refractivity contribution >= 4 is 17.1 Å². The first kappa shape index (κ1) is 21.7. The Kier molecular flexibility index (Phi) is 4.31. The Morgan fingerprint density at radius 2 is 1.97 bits per heavy atom. The first-order valence-electron chi connectivity index (χ1n) is 12.8. The van der Waals surface area contributed by atoms with Crippen LogP contribution in [0.15, 0.2) is 53.4 Å². The number of nitrogens with one attached hydrogen (secondary N) is 1. The van der Waals surface area contributed by atoms with Crippen LogP contribution in [-0.2, 0) is 5.54 Å². The maximum absolute atomic E-state index is 13.4. The van der Waals surface area contributed by atoms with Gasteiger partial charge in [-0.2, -0.15) is 10.1 Å². The fraction of sp³-hybridized carbons (Fsp3) is 0.333. The van der Waals surface area contributed by atoms with Gasteiger partial charge in [-0.05, 0) is 62.3 Å². The van der Waals surface area contributed by atoms with Gasteiger partial charge >= 0.3 is 0 Å². The molecule has 2 bridgehead atoms. The maximum Gasteiger partial charge on any atom is 0.259 e. The zero-order valence-electron chi connectivity index (χ0n) is 20.5. The number of amides is 1. The topological polar surface area (TPSA) is 116 Å². The second-order valence-corrected chi connectivity index (χ2v) is 10.9. The van der Waals surface area contributed by atoms with Crippen molar-refractivity contribution in [3.63, 3.8) is 0 Å². The van der Waals surface area contributed by atoms with E-state index in [9.17, 15) is 9.18 Å². The van der Waals surface area contributed by atoms with Gasteiger partial charge in [0.25, 0.3) is 5.91 Å². The van der Waals surface area contributed by atoms with Crippen molar-refractivity contribution in [2.24, 2.45) is 5.92 Å². The lowest BCUT2D eigenvalue weighted by atomic mass is 9.50. The van der Waals surface area contributed by atoms with Crippen molar-refractivity contribution in [3.8, 4) is 22.6 Å². The quantitative estimate of drug-likeness (QED) is 0.357. The van der Waals surface area contributed by atoms with Crippen molar-refractivity contribution in [2.45, 2.75) is 50.2 Å². The number of aromatic nitrogens is 7. The van der Waals surface area contributed by atoms with E-state index in [1.165, 1.54) is 19.3 Å². The number of aryl methyl sites for hydroxylation is 1. The van der Waals surface area contributed by atoms with Crippen LogP contribution < -0.4 is 5.32 Å². The average molecular weight is 511 g/mol. The SMILES string of the molecule is Cc1ccc(-c2noc([C@H]3C[C@@H]3F)n2)cc1NC(=O)c1cnn2cc(-c3cn(C45CC(C4)C5)nn3)ccc12. The second-order valence-electron chi connectivity index (χ2n) is 10.9. The number of carbonyl (C=O) groups excluding carboxylic acids is 1. The number of alkyl halides is 1. The smallest absolute Gasteiger partial charge is 0.259 e. The summed E-state index contributed by atoms with van der Waals surface area (Å²) in [6.45, 7) is 1.90. The monoisotopic (exact) mass is 510 g/mol. The fourth-order valence-corrected chi connectivity index (χ4v) is 5.66. The highest BCUT2D eigenvalue weighted by Gasteiger charge is 2.58. The van der Waals surface area contributed by atoms with Gasteiger partial charge in [-0.3, -0.25) is 4.79 Å². The summed E-state index contributed by atoms with van der Waals surface area (Å²) in [5, 5.41) is 20.2. The van der Waals surface area contributed by atoms with E-state index < -0.39 is 6.17 Å². The molecule has 4 fully saturated rings. The third-order valence-corrected chi connectivity index (χ3v) is 8.26. The molecule has 9 rings (SSSR count). The minimum Gasteiger partial charge on any atom is -0.339 e. The minimum atomic E-state index is -0.912. The van der Waals surface area contributed by atoms with Crippen LogP contribution in [0.2, 0.25) is 0 Å². The number of fused-ring (bicyclic) bond motifs is 1. The number of halogens is 1. The lowest BCUT2D eigenvalue weighted by Crippen LogP contribution is -2.59. The molecule has 4 aliphatic carbocycles. The Morgan fingerprint density at radius 1 is 1.16 bits per heavy atom. The molecule has 4 aliphatic rings. The zero-order valence-corrected chi connectivity index (χ0v) is 20.5. The van der Waals surface area contributed by atoms with Crippen LogP contribution >= 0.6 is 0 Å². The molecule has 10 nitrogen and oxygen atoms in total. The minimum absolute atomic E-state index is 0.188. The summed E-state index contributed by atoms with van der Waals surface area (Å²) in [5.41, 5.74) is 5.17. The first-order valence-corrected chi connectivity index (χ1v) is 12.8. The number of nitrogens with zero attached hydrogens (tertiary/aromatic N) is 7. The molecule has 11 heteroatoms. The molecule has 0 spiro atoms. The molecule has 2 atom stereocenters. The molecule has 4 heterocycles. The summed E-state index contributed by atoms with van der Waals surface area (Å²) in [6.07, 6.45) is 8.53. The Bertz CT molecular complexity index is 1740. The molecule has 0 saturated heterocycles. The molecule has 1 aromatic carbocycles. The molecule has 4 saturated carbocycles. The van der Waals surface area contributed by atoms with E-state index in [1.807, 2.05) is 48.3 Å². The van der Waals surface area contributed by atoms with Crippen molar-refractivity contribution in [2.75, 3.05) is 5.32 Å². The molecule has 0 unspecified atom stereocenters.